The molecule has 0 unspecified atom stereocenters. The van der Waals surface area contributed by atoms with Gasteiger partial charge in [-0.15, -0.1) is 0 Å². The molecule has 0 aliphatic carbocycles. The normalized spacial score (nSPS) is 16.2. The number of carbonyl (C=O) groups excluding carboxylic acids is 2. The van der Waals surface area contributed by atoms with Crippen LogP contribution in [0.4, 0.5) is 10.1 Å². The first-order valence-electron chi connectivity index (χ1n) is 8.65. The number of benzene rings is 2. The molecule has 1 saturated heterocycles. The van der Waals surface area contributed by atoms with Crippen molar-refractivity contribution >= 4 is 17.5 Å². The Morgan fingerprint density at radius 2 is 1.58 bits per heavy atom. The molecule has 5 nitrogen and oxygen atoms in total. The fraction of sp³-hybridized carbons (Fsp3) is 0.300. The van der Waals surface area contributed by atoms with Crippen molar-refractivity contribution < 1.29 is 14.0 Å². The second-order valence-corrected chi connectivity index (χ2v) is 6.35. The number of anilines is 1. The molecular weight excluding hydrogens is 333 g/mol. The summed E-state index contributed by atoms with van der Waals surface area (Å²) in [4.78, 5) is 28.4. The number of carbonyl (C=O) groups is 2. The van der Waals surface area contributed by atoms with Crippen LogP contribution in [0.2, 0.25) is 0 Å². The lowest BCUT2D eigenvalue weighted by atomic mass is 10.0. The van der Waals surface area contributed by atoms with E-state index in [1.165, 1.54) is 12.1 Å². The van der Waals surface area contributed by atoms with Crippen LogP contribution in [0.5, 0.6) is 0 Å². The first-order chi connectivity index (χ1) is 12.5. The van der Waals surface area contributed by atoms with Gasteiger partial charge in [0.05, 0.1) is 0 Å². The molecule has 26 heavy (non-hydrogen) atoms. The molecule has 6 heteroatoms. The number of hydrogen-bond donors (Lipinski definition) is 1. The van der Waals surface area contributed by atoms with Gasteiger partial charge in [-0.05, 0) is 29.8 Å². The molecule has 1 heterocycles. The number of hydrogen-bond acceptors (Lipinski definition) is 3. The van der Waals surface area contributed by atoms with Crippen molar-refractivity contribution in [2.45, 2.75) is 13.0 Å². The highest BCUT2D eigenvalue weighted by Crippen LogP contribution is 2.24. The zero-order chi connectivity index (χ0) is 18.5. The minimum atomic E-state index is -0.463. The van der Waals surface area contributed by atoms with Crippen LogP contribution in [-0.4, -0.2) is 47.8 Å². The van der Waals surface area contributed by atoms with E-state index in [1.807, 2.05) is 30.3 Å². The zero-order valence-electron chi connectivity index (χ0n) is 14.7. The summed E-state index contributed by atoms with van der Waals surface area (Å²) in [6, 6.07) is 14.8. The molecule has 0 saturated carbocycles. The Balaban J connectivity index is 1.79. The maximum Gasteiger partial charge on any atom is 0.246 e. The average molecular weight is 355 g/mol. The molecule has 0 spiro atoms. The second kappa shape index (κ2) is 8.10. The summed E-state index contributed by atoms with van der Waals surface area (Å²) in [5.74, 6) is -0.460. The topological polar surface area (TPSA) is 52.7 Å². The Morgan fingerprint density at radius 1 is 0.962 bits per heavy atom. The van der Waals surface area contributed by atoms with Crippen molar-refractivity contribution in [3.63, 3.8) is 0 Å². The van der Waals surface area contributed by atoms with Gasteiger partial charge in [0.25, 0.3) is 0 Å². The monoisotopic (exact) mass is 355 g/mol. The number of rotatable bonds is 4. The van der Waals surface area contributed by atoms with Crippen LogP contribution in [0.15, 0.2) is 54.6 Å². The van der Waals surface area contributed by atoms with E-state index in [-0.39, 0.29) is 17.6 Å². The second-order valence-electron chi connectivity index (χ2n) is 6.35. The summed E-state index contributed by atoms with van der Waals surface area (Å²) in [7, 11) is 0. The van der Waals surface area contributed by atoms with Gasteiger partial charge in [-0.2, -0.15) is 0 Å². The Morgan fingerprint density at radius 3 is 2.15 bits per heavy atom. The number of halogens is 1. The summed E-state index contributed by atoms with van der Waals surface area (Å²) in [6.45, 7) is 4.00. The lowest BCUT2D eigenvalue weighted by Gasteiger charge is -2.38. The SMILES string of the molecule is CC(=O)N1CCN([C@@H](C(=O)Nc2ccc(F)cc2)c2ccccc2)CC1. The molecule has 1 N–H and O–H groups in total. The Labute approximate surface area is 152 Å². The molecule has 136 valence electrons. The van der Waals surface area contributed by atoms with Crippen LogP contribution < -0.4 is 5.32 Å². The first-order valence-corrected chi connectivity index (χ1v) is 8.65. The molecule has 1 aliphatic rings. The van der Waals surface area contributed by atoms with Crippen molar-refractivity contribution in [2.75, 3.05) is 31.5 Å². The zero-order valence-corrected chi connectivity index (χ0v) is 14.7. The van der Waals surface area contributed by atoms with Crippen LogP contribution in [0, 0.1) is 5.82 Å². The lowest BCUT2D eigenvalue weighted by molar-refractivity contribution is -0.131. The molecular formula is C20H22FN3O2. The molecule has 2 aromatic rings. The summed E-state index contributed by atoms with van der Waals surface area (Å²) in [6.07, 6.45) is 0. The predicted octanol–water partition coefficient (Wildman–Crippen LogP) is 2.67. The van der Waals surface area contributed by atoms with Crippen LogP contribution in [0.1, 0.15) is 18.5 Å². The van der Waals surface area contributed by atoms with Gasteiger partial charge in [-0.25, -0.2) is 4.39 Å². The molecule has 0 aromatic heterocycles. The van der Waals surface area contributed by atoms with Gasteiger partial charge < -0.3 is 10.2 Å². The quantitative estimate of drug-likeness (QED) is 0.917. The summed E-state index contributed by atoms with van der Waals surface area (Å²) >= 11 is 0. The standard InChI is InChI=1S/C20H22FN3O2/c1-15(25)23-11-13-24(14-12-23)19(16-5-3-2-4-6-16)20(26)22-18-9-7-17(21)8-10-18/h2-10,19H,11-14H2,1H3,(H,22,26)/t19-/m1/s1. The van der Waals surface area contributed by atoms with Crippen LogP contribution in [0.3, 0.4) is 0 Å². The van der Waals surface area contributed by atoms with E-state index < -0.39 is 6.04 Å². The molecule has 3 rings (SSSR count). The number of amides is 2. The molecule has 0 bridgehead atoms. The van der Waals surface area contributed by atoms with Crippen molar-refractivity contribution in [1.82, 2.24) is 9.80 Å². The predicted molar refractivity (Wildman–Crippen MR) is 98.0 cm³/mol. The van der Waals surface area contributed by atoms with E-state index in [1.54, 1.807) is 24.0 Å². The highest BCUT2D eigenvalue weighted by Gasteiger charge is 2.31. The highest BCUT2D eigenvalue weighted by atomic mass is 19.1. The van der Waals surface area contributed by atoms with E-state index >= 15 is 0 Å². The fourth-order valence-corrected chi connectivity index (χ4v) is 3.20. The summed E-state index contributed by atoms with van der Waals surface area (Å²) in [5.41, 5.74) is 1.45. The Kier molecular flexibility index (Phi) is 5.63. The fourth-order valence-electron chi connectivity index (χ4n) is 3.20. The van der Waals surface area contributed by atoms with Gasteiger partial charge in [0.2, 0.25) is 11.8 Å². The van der Waals surface area contributed by atoms with E-state index in [2.05, 4.69) is 10.2 Å². The maximum atomic E-state index is 13.1. The summed E-state index contributed by atoms with van der Waals surface area (Å²) < 4.78 is 13.1. The van der Waals surface area contributed by atoms with E-state index in [0.29, 0.717) is 31.9 Å². The molecule has 2 amide bonds. The van der Waals surface area contributed by atoms with E-state index in [0.717, 1.165) is 5.56 Å². The molecule has 1 fully saturated rings. The van der Waals surface area contributed by atoms with Gasteiger partial charge in [0.15, 0.2) is 0 Å². The Bertz CT molecular complexity index is 756. The largest absolute Gasteiger partial charge is 0.340 e. The van der Waals surface area contributed by atoms with Crippen LogP contribution in [0.25, 0.3) is 0 Å². The van der Waals surface area contributed by atoms with Crippen LogP contribution in [-0.2, 0) is 9.59 Å². The van der Waals surface area contributed by atoms with Gasteiger partial charge in [0.1, 0.15) is 11.9 Å². The maximum absolute atomic E-state index is 13.1. The molecule has 0 radical (unpaired) electrons. The molecule has 2 aromatic carbocycles. The third-order valence-electron chi connectivity index (χ3n) is 4.60. The third-order valence-corrected chi connectivity index (χ3v) is 4.60. The number of piperazine rings is 1. The van der Waals surface area contributed by atoms with Gasteiger partial charge in [-0.3, -0.25) is 14.5 Å². The van der Waals surface area contributed by atoms with E-state index in [9.17, 15) is 14.0 Å². The minimum absolute atomic E-state index is 0.0525. The van der Waals surface area contributed by atoms with E-state index in [4.69, 9.17) is 0 Å². The van der Waals surface area contributed by atoms with Gasteiger partial charge in [-0.1, -0.05) is 30.3 Å². The average Bonchev–Trinajstić information content (AvgIpc) is 2.65. The van der Waals surface area contributed by atoms with Crippen molar-refractivity contribution in [3.8, 4) is 0 Å². The first kappa shape index (κ1) is 18.1. The lowest BCUT2D eigenvalue weighted by Crippen LogP contribution is -2.51. The van der Waals surface area contributed by atoms with Gasteiger partial charge in [0, 0.05) is 38.8 Å². The Hall–Kier alpha value is -2.73. The molecule has 1 atom stereocenters. The minimum Gasteiger partial charge on any atom is -0.340 e. The summed E-state index contributed by atoms with van der Waals surface area (Å²) in [5, 5.41) is 2.87. The van der Waals surface area contributed by atoms with Crippen LogP contribution >= 0.6 is 0 Å². The third kappa shape index (κ3) is 4.26. The van der Waals surface area contributed by atoms with Crippen molar-refractivity contribution in [2.24, 2.45) is 0 Å². The number of nitrogens with zero attached hydrogens (tertiary/aromatic N) is 2. The molecule has 1 aliphatic heterocycles. The number of nitrogens with one attached hydrogen (secondary N) is 1. The van der Waals surface area contributed by atoms with Gasteiger partial charge >= 0.3 is 0 Å². The van der Waals surface area contributed by atoms with Crippen molar-refractivity contribution in [1.29, 1.82) is 0 Å². The van der Waals surface area contributed by atoms with Crippen molar-refractivity contribution in [3.05, 3.63) is 66.0 Å². The smallest absolute Gasteiger partial charge is 0.246 e. The highest BCUT2D eigenvalue weighted by molar-refractivity contribution is 5.95.